The molecule has 2 heteroatoms. The summed E-state index contributed by atoms with van der Waals surface area (Å²) in [5.74, 6) is 0. The van der Waals surface area contributed by atoms with Crippen LogP contribution in [0.3, 0.4) is 0 Å². The van der Waals surface area contributed by atoms with Crippen molar-refractivity contribution in [1.82, 2.24) is 0 Å². The largest absolute Gasteiger partial charge is 0.295 e. The van der Waals surface area contributed by atoms with Gasteiger partial charge in [-0.2, -0.15) is 0 Å². The first-order valence-electron chi connectivity index (χ1n) is 5.96. The van der Waals surface area contributed by atoms with Crippen LogP contribution < -0.4 is 0 Å². The van der Waals surface area contributed by atoms with Crippen molar-refractivity contribution in [3.63, 3.8) is 0 Å². The maximum atomic E-state index is 4.63. The molecule has 2 rings (SSSR count). The third kappa shape index (κ3) is 1.56. The van der Waals surface area contributed by atoms with Crippen molar-refractivity contribution in [2.75, 3.05) is 13.1 Å². The first-order chi connectivity index (χ1) is 7.28. The molecule has 0 aromatic rings. The van der Waals surface area contributed by atoms with Gasteiger partial charge in [-0.3, -0.25) is 9.98 Å². The van der Waals surface area contributed by atoms with Gasteiger partial charge in [0.05, 0.1) is 6.54 Å². The summed E-state index contributed by atoms with van der Waals surface area (Å²) in [5.41, 5.74) is 5.00. The fourth-order valence-corrected chi connectivity index (χ4v) is 2.94. The van der Waals surface area contributed by atoms with Gasteiger partial charge < -0.3 is 0 Å². The average molecular weight is 204 g/mol. The molecular weight excluding hydrogens is 184 g/mol. The van der Waals surface area contributed by atoms with E-state index in [1.807, 2.05) is 0 Å². The highest BCUT2D eigenvalue weighted by atomic mass is 14.8. The molecule has 0 aromatic heterocycles. The SMILES string of the molecule is C=NCC(=NCC)C12CCC(CC)=C1C2. The quantitative estimate of drug-likeness (QED) is 0.486. The summed E-state index contributed by atoms with van der Waals surface area (Å²) >= 11 is 0. The summed E-state index contributed by atoms with van der Waals surface area (Å²) in [4.78, 5) is 8.65. The summed E-state index contributed by atoms with van der Waals surface area (Å²) in [6.45, 7) is 9.56. The van der Waals surface area contributed by atoms with Crippen molar-refractivity contribution in [3.05, 3.63) is 11.1 Å². The van der Waals surface area contributed by atoms with Crippen LogP contribution in [0.1, 0.15) is 39.5 Å². The van der Waals surface area contributed by atoms with E-state index in [9.17, 15) is 0 Å². The minimum atomic E-state index is 0.350. The van der Waals surface area contributed by atoms with E-state index in [0.717, 1.165) is 13.1 Å². The van der Waals surface area contributed by atoms with Crippen molar-refractivity contribution in [1.29, 1.82) is 0 Å². The minimum absolute atomic E-state index is 0.350. The van der Waals surface area contributed by atoms with Gasteiger partial charge in [-0.25, -0.2) is 0 Å². The molecule has 0 spiro atoms. The van der Waals surface area contributed by atoms with Crippen LogP contribution in [0.2, 0.25) is 0 Å². The maximum Gasteiger partial charge on any atom is 0.0769 e. The van der Waals surface area contributed by atoms with Gasteiger partial charge in [0.15, 0.2) is 0 Å². The zero-order valence-corrected chi connectivity index (χ0v) is 9.84. The van der Waals surface area contributed by atoms with Crippen LogP contribution in [0.25, 0.3) is 0 Å². The fourth-order valence-electron chi connectivity index (χ4n) is 2.94. The van der Waals surface area contributed by atoms with Crippen LogP contribution in [0.4, 0.5) is 0 Å². The van der Waals surface area contributed by atoms with Gasteiger partial charge in [0.25, 0.3) is 0 Å². The Balaban J connectivity index is 2.22. The summed E-state index contributed by atoms with van der Waals surface area (Å²) in [5, 5.41) is 0. The molecule has 1 unspecified atom stereocenters. The molecule has 0 heterocycles. The van der Waals surface area contributed by atoms with Crippen molar-refractivity contribution < 1.29 is 0 Å². The molecule has 0 radical (unpaired) electrons. The number of nitrogens with zero attached hydrogens (tertiary/aromatic N) is 2. The third-order valence-corrected chi connectivity index (χ3v) is 3.80. The third-order valence-electron chi connectivity index (χ3n) is 3.80. The second-order valence-electron chi connectivity index (χ2n) is 4.50. The minimum Gasteiger partial charge on any atom is -0.295 e. The normalized spacial score (nSPS) is 29.3. The highest BCUT2D eigenvalue weighted by Gasteiger charge is 2.56. The predicted octanol–water partition coefficient (Wildman–Crippen LogP) is 3.04. The van der Waals surface area contributed by atoms with E-state index in [-0.39, 0.29) is 0 Å². The molecule has 15 heavy (non-hydrogen) atoms. The molecule has 1 fully saturated rings. The van der Waals surface area contributed by atoms with E-state index in [2.05, 4.69) is 30.5 Å². The zero-order chi connectivity index (χ0) is 10.9. The first-order valence-corrected chi connectivity index (χ1v) is 5.96. The number of rotatable bonds is 5. The monoisotopic (exact) mass is 204 g/mol. The van der Waals surface area contributed by atoms with Crippen molar-refractivity contribution in [2.45, 2.75) is 39.5 Å². The molecule has 0 bridgehead atoms. The van der Waals surface area contributed by atoms with E-state index in [4.69, 9.17) is 0 Å². The van der Waals surface area contributed by atoms with Crippen LogP contribution >= 0.6 is 0 Å². The lowest BCUT2D eigenvalue weighted by Crippen LogP contribution is -2.18. The van der Waals surface area contributed by atoms with Crippen molar-refractivity contribution in [2.24, 2.45) is 15.4 Å². The van der Waals surface area contributed by atoms with Gasteiger partial charge in [0.1, 0.15) is 0 Å². The molecule has 0 saturated heterocycles. The number of hydrogen-bond acceptors (Lipinski definition) is 2. The highest BCUT2D eigenvalue weighted by Crippen LogP contribution is 2.64. The number of hydrogen-bond donors (Lipinski definition) is 0. The number of allylic oxidation sites excluding steroid dienone is 2. The maximum absolute atomic E-state index is 4.63. The van der Waals surface area contributed by atoms with Crippen LogP contribution in [0.15, 0.2) is 21.1 Å². The number of fused-ring (bicyclic) bond motifs is 1. The van der Waals surface area contributed by atoms with Crippen LogP contribution in [-0.4, -0.2) is 25.5 Å². The molecule has 2 aliphatic rings. The summed E-state index contributed by atoms with van der Waals surface area (Å²) in [7, 11) is 0. The predicted molar refractivity (Wildman–Crippen MR) is 66.0 cm³/mol. The first kappa shape index (κ1) is 10.6. The van der Waals surface area contributed by atoms with E-state index in [1.54, 1.807) is 11.1 Å². The van der Waals surface area contributed by atoms with Gasteiger partial charge >= 0.3 is 0 Å². The Kier molecular flexibility index (Phi) is 2.76. The smallest absolute Gasteiger partial charge is 0.0769 e. The summed E-state index contributed by atoms with van der Waals surface area (Å²) < 4.78 is 0. The Hall–Kier alpha value is -0.920. The fraction of sp³-hybridized carbons (Fsp3) is 0.692. The Morgan fingerprint density at radius 2 is 2.27 bits per heavy atom. The summed E-state index contributed by atoms with van der Waals surface area (Å²) in [6, 6.07) is 0. The molecule has 1 saturated carbocycles. The summed E-state index contributed by atoms with van der Waals surface area (Å²) in [6.07, 6.45) is 5.04. The molecule has 2 nitrogen and oxygen atoms in total. The Morgan fingerprint density at radius 1 is 1.47 bits per heavy atom. The van der Waals surface area contributed by atoms with Gasteiger partial charge in [-0.05, 0) is 39.3 Å². The average Bonchev–Trinajstić information content (AvgIpc) is 2.87. The molecule has 2 aliphatic carbocycles. The molecule has 0 N–H and O–H groups in total. The van der Waals surface area contributed by atoms with Crippen LogP contribution in [0, 0.1) is 5.41 Å². The molecule has 82 valence electrons. The topological polar surface area (TPSA) is 24.7 Å². The van der Waals surface area contributed by atoms with Gasteiger partial charge in [-0.15, -0.1) is 0 Å². The molecule has 0 aromatic carbocycles. The lowest BCUT2D eigenvalue weighted by Gasteiger charge is -2.12. The van der Waals surface area contributed by atoms with E-state index in [0.29, 0.717) is 5.41 Å². The van der Waals surface area contributed by atoms with E-state index >= 15 is 0 Å². The van der Waals surface area contributed by atoms with Crippen molar-refractivity contribution >= 4 is 12.4 Å². The molecule has 0 amide bonds. The second kappa shape index (κ2) is 3.92. The van der Waals surface area contributed by atoms with E-state index < -0.39 is 0 Å². The van der Waals surface area contributed by atoms with Gasteiger partial charge in [0.2, 0.25) is 0 Å². The van der Waals surface area contributed by atoms with Gasteiger partial charge in [0, 0.05) is 17.7 Å². The lowest BCUT2D eigenvalue weighted by atomic mass is 9.96. The lowest BCUT2D eigenvalue weighted by molar-refractivity contribution is 0.658. The molecular formula is C13H20N2. The Morgan fingerprint density at radius 3 is 2.73 bits per heavy atom. The second-order valence-corrected chi connectivity index (χ2v) is 4.50. The van der Waals surface area contributed by atoms with Crippen molar-refractivity contribution in [3.8, 4) is 0 Å². The van der Waals surface area contributed by atoms with E-state index in [1.165, 1.54) is 31.4 Å². The standard InChI is InChI=1S/C13H20N2/c1-4-10-6-7-13(8-11(10)13)12(9-14-3)15-5-2/h3-9H2,1-2H3. The highest BCUT2D eigenvalue weighted by molar-refractivity contribution is 6.00. The molecule has 0 aliphatic heterocycles. The number of aliphatic imine (C=N–C) groups is 2. The Labute approximate surface area is 92.2 Å². The zero-order valence-electron chi connectivity index (χ0n) is 9.84. The Bertz CT molecular complexity index is 338. The van der Waals surface area contributed by atoms with Gasteiger partial charge in [-0.1, -0.05) is 18.1 Å². The van der Waals surface area contributed by atoms with Crippen LogP contribution in [-0.2, 0) is 0 Å². The van der Waals surface area contributed by atoms with Crippen LogP contribution in [0.5, 0.6) is 0 Å². The molecule has 1 atom stereocenters.